The third-order valence-corrected chi connectivity index (χ3v) is 7.53. The molecule has 0 aliphatic heterocycles. The second-order valence-electron chi connectivity index (χ2n) is 10.5. The van der Waals surface area contributed by atoms with E-state index >= 15 is 0 Å². The summed E-state index contributed by atoms with van der Waals surface area (Å²) in [6.45, 7) is 1.70. The van der Waals surface area contributed by atoms with Crippen molar-refractivity contribution >= 4 is 16.8 Å². The molecule has 0 saturated heterocycles. The van der Waals surface area contributed by atoms with E-state index in [9.17, 15) is 4.79 Å². The van der Waals surface area contributed by atoms with Gasteiger partial charge in [0.1, 0.15) is 12.4 Å². The van der Waals surface area contributed by atoms with Crippen molar-refractivity contribution in [3.63, 3.8) is 0 Å². The van der Waals surface area contributed by atoms with Gasteiger partial charge in [-0.05, 0) is 58.1 Å². The SMILES string of the molecule is O=C(CC(c1cccc(OCc2ccccc2)c1)c1cn(Cc2ccccc2)c2ccccc12)NCc1ccncc1. The number of nitrogens with one attached hydrogen (secondary N) is 1. The summed E-state index contributed by atoms with van der Waals surface area (Å²) < 4.78 is 8.48. The fourth-order valence-corrected chi connectivity index (χ4v) is 5.39. The Morgan fingerprint density at radius 3 is 2.26 bits per heavy atom. The number of aromatic nitrogens is 2. The highest BCUT2D eigenvalue weighted by molar-refractivity contribution is 5.87. The third kappa shape index (κ3) is 6.58. The van der Waals surface area contributed by atoms with Gasteiger partial charge in [-0.15, -0.1) is 0 Å². The van der Waals surface area contributed by atoms with Gasteiger partial charge in [0.15, 0.2) is 0 Å². The van der Waals surface area contributed by atoms with Crippen LogP contribution in [0.4, 0.5) is 0 Å². The fourth-order valence-electron chi connectivity index (χ4n) is 5.39. The molecule has 0 aliphatic rings. The van der Waals surface area contributed by atoms with Crippen LogP contribution >= 0.6 is 0 Å². The zero-order chi connectivity index (χ0) is 28.6. The first kappa shape index (κ1) is 27.0. The van der Waals surface area contributed by atoms with Crippen molar-refractivity contribution in [1.29, 1.82) is 0 Å². The molecular weight excluding hydrogens is 518 g/mol. The van der Waals surface area contributed by atoms with E-state index in [1.165, 1.54) is 5.56 Å². The van der Waals surface area contributed by atoms with Gasteiger partial charge in [0.2, 0.25) is 5.91 Å². The van der Waals surface area contributed by atoms with E-state index in [1.54, 1.807) is 12.4 Å². The van der Waals surface area contributed by atoms with Gasteiger partial charge >= 0.3 is 0 Å². The second kappa shape index (κ2) is 13.0. The molecule has 5 nitrogen and oxygen atoms in total. The topological polar surface area (TPSA) is 56.1 Å². The molecule has 0 fully saturated rings. The minimum absolute atomic E-state index is 0.00712. The van der Waals surface area contributed by atoms with Gasteiger partial charge in [-0.2, -0.15) is 0 Å². The largest absolute Gasteiger partial charge is 0.489 e. The molecule has 2 aromatic heterocycles. The molecule has 4 aromatic carbocycles. The van der Waals surface area contributed by atoms with E-state index in [4.69, 9.17) is 4.74 Å². The number of rotatable bonds is 11. The molecule has 2 heterocycles. The first-order valence-corrected chi connectivity index (χ1v) is 14.3. The van der Waals surface area contributed by atoms with Crippen LogP contribution in [0.1, 0.15) is 40.2 Å². The maximum atomic E-state index is 13.4. The highest BCUT2D eigenvalue weighted by atomic mass is 16.5. The highest BCUT2D eigenvalue weighted by Crippen LogP contribution is 2.36. The first-order valence-electron chi connectivity index (χ1n) is 14.3. The number of ether oxygens (including phenoxy) is 1. The molecule has 6 aromatic rings. The van der Waals surface area contributed by atoms with Gasteiger partial charge in [-0.1, -0.05) is 91.0 Å². The minimum Gasteiger partial charge on any atom is -0.489 e. The number of hydrogen-bond donors (Lipinski definition) is 1. The molecule has 1 N–H and O–H groups in total. The second-order valence-corrected chi connectivity index (χ2v) is 10.5. The van der Waals surface area contributed by atoms with Crippen molar-refractivity contribution in [2.24, 2.45) is 0 Å². The Hall–Kier alpha value is -5.16. The van der Waals surface area contributed by atoms with Gasteiger partial charge in [-0.3, -0.25) is 9.78 Å². The standard InChI is InChI=1S/C37H33N3O2/c41-37(39-24-28-18-20-38-21-19-28)23-34(31-14-9-15-32(22-31)42-27-30-12-5-2-6-13-30)35-26-40(25-29-10-3-1-4-11-29)36-17-8-7-16-33(35)36/h1-22,26,34H,23-25,27H2,(H,39,41). The molecule has 42 heavy (non-hydrogen) atoms. The fraction of sp³-hybridized carbons (Fsp3) is 0.135. The molecule has 208 valence electrons. The van der Waals surface area contributed by atoms with Crippen LogP contribution in [0.2, 0.25) is 0 Å². The number of benzene rings is 4. The predicted octanol–water partition coefficient (Wildman–Crippen LogP) is 7.50. The van der Waals surface area contributed by atoms with Crippen LogP contribution in [-0.2, 0) is 24.5 Å². The number of carbonyl (C=O) groups is 1. The quantitative estimate of drug-likeness (QED) is 0.181. The maximum Gasteiger partial charge on any atom is 0.221 e. The Morgan fingerprint density at radius 2 is 1.48 bits per heavy atom. The Kier molecular flexibility index (Phi) is 8.37. The highest BCUT2D eigenvalue weighted by Gasteiger charge is 2.23. The number of amides is 1. The average molecular weight is 552 g/mol. The van der Waals surface area contributed by atoms with E-state index in [2.05, 4.69) is 93.9 Å². The Bertz CT molecular complexity index is 1750. The van der Waals surface area contributed by atoms with Gasteiger partial charge in [0.25, 0.3) is 0 Å². The zero-order valence-corrected chi connectivity index (χ0v) is 23.4. The van der Waals surface area contributed by atoms with Crippen molar-refractivity contribution in [2.45, 2.75) is 32.0 Å². The molecule has 0 saturated carbocycles. The molecule has 0 bridgehead atoms. The molecule has 5 heteroatoms. The van der Waals surface area contributed by atoms with E-state index in [-0.39, 0.29) is 11.8 Å². The summed E-state index contributed by atoms with van der Waals surface area (Å²) in [4.78, 5) is 17.5. The molecule has 1 unspecified atom stereocenters. The van der Waals surface area contributed by atoms with Gasteiger partial charge in [-0.25, -0.2) is 0 Å². The summed E-state index contributed by atoms with van der Waals surface area (Å²) in [6.07, 6.45) is 6.02. The summed E-state index contributed by atoms with van der Waals surface area (Å²) in [5.41, 5.74) is 6.68. The maximum absolute atomic E-state index is 13.4. The van der Waals surface area contributed by atoms with Crippen LogP contribution < -0.4 is 10.1 Å². The average Bonchev–Trinajstić information content (AvgIpc) is 3.41. The molecule has 1 atom stereocenters. The van der Waals surface area contributed by atoms with E-state index in [1.807, 2.05) is 48.5 Å². The molecule has 0 aliphatic carbocycles. The van der Waals surface area contributed by atoms with Gasteiger partial charge in [0.05, 0.1) is 0 Å². The Balaban J connectivity index is 1.33. The van der Waals surface area contributed by atoms with Gasteiger partial charge < -0.3 is 14.6 Å². The molecular formula is C37H33N3O2. The Labute approximate surface area is 246 Å². The summed E-state index contributed by atoms with van der Waals surface area (Å²) in [7, 11) is 0. The lowest BCUT2D eigenvalue weighted by Gasteiger charge is -2.18. The van der Waals surface area contributed by atoms with Gasteiger partial charge in [0, 0.05) is 54.9 Å². The van der Waals surface area contributed by atoms with Crippen molar-refractivity contribution in [1.82, 2.24) is 14.9 Å². The normalized spacial score (nSPS) is 11.7. The van der Waals surface area contributed by atoms with E-state index < -0.39 is 0 Å². The van der Waals surface area contributed by atoms with Crippen LogP contribution in [0.15, 0.2) is 140 Å². The number of hydrogen-bond acceptors (Lipinski definition) is 3. The smallest absolute Gasteiger partial charge is 0.221 e. The van der Waals surface area contributed by atoms with E-state index in [0.717, 1.165) is 45.5 Å². The van der Waals surface area contributed by atoms with Crippen molar-refractivity contribution in [2.75, 3.05) is 0 Å². The molecule has 6 rings (SSSR count). The molecule has 1 amide bonds. The molecule has 0 radical (unpaired) electrons. The monoisotopic (exact) mass is 551 g/mol. The van der Waals surface area contributed by atoms with Crippen LogP contribution in [0.5, 0.6) is 5.75 Å². The summed E-state index contributed by atoms with van der Waals surface area (Å²) in [5, 5.41) is 4.27. The summed E-state index contributed by atoms with van der Waals surface area (Å²) in [6, 6.07) is 41.1. The lowest BCUT2D eigenvalue weighted by Crippen LogP contribution is -2.25. The summed E-state index contributed by atoms with van der Waals surface area (Å²) in [5.74, 6) is 0.614. The zero-order valence-electron chi connectivity index (χ0n) is 23.4. The minimum atomic E-state index is -0.162. The first-order chi connectivity index (χ1) is 20.7. The lowest BCUT2D eigenvalue weighted by molar-refractivity contribution is -0.121. The van der Waals surface area contributed by atoms with Crippen molar-refractivity contribution in [3.05, 3.63) is 168 Å². The van der Waals surface area contributed by atoms with Crippen LogP contribution in [0, 0.1) is 0 Å². The number of fused-ring (bicyclic) bond motifs is 1. The number of para-hydroxylation sites is 1. The Morgan fingerprint density at radius 1 is 0.762 bits per heavy atom. The van der Waals surface area contributed by atoms with Crippen LogP contribution in [0.3, 0.4) is 0 Å². The number of carbonyl (C=O) groups excluding carboxylic acids is 1. The number of pyridine rings is 1. The number of nitrogens with zero attached hydrogens (tertiary/aromatic N) is 2. The lowest BCUT2D eigenvalue weighted by atomic mass is 9.88. The molecule has 0 spiro atoms. The third-order valence-electron chi connectivity index (χ3n) is 7.53. The van der Waals surface area contributed by atoms with Crippen LogP contribution in [0.25, 0.3) is 10.9 Å². The van der Waals surface area contributed by atoms with Crippen molar-refractivity contribution in [3.8, 4) is 5.75 Å². The predicted molar refractivity (Wildman–Crippen MR) is 167 cm³/mol. The van der Waals surface area contributed by atoms with Crippen molar-refractivity contribution < 1.29 is 9.53 Å². The summed E-state index contributed by atoms with van der Waals surface area (Å²) >= 11 is 0. The van der Waals surface area contributed by atoms with Crippen LogP contribution in [-0.4, -0.2) is 15.5 Å². The van der Waals surface area contributed by atoms with E-state index in [0.29, 0.717) is 19.6 Å².